The zero-order chi connectivity index (χ0) is 18.1. The Balaban J connectivity index is 2.79. The fourth-order valence-electron chi connectivity index (χ4n) is 2.21. The van der Waals surface area contributed by atoms with Gasteiger partial charge in [-0.15, -0.1) is 0 Å². The Morgan fingerprint density at radius 2 is 1.62 bits per heavy atom. The first-order valence-electron chi connectivity index (χ1n) is 7.69. The van der Waals surface area contributed by atoms with Crippen LogP contribution in [-0.4, -0.2) is 35.6 Å². The van der Waals surface area contributed by atoms with Crippen molar-refractivity contribution >= 4 is 23.5 Å². The lowest BCUT2D eigenvalue weighted by Gasteiger charge is -2.21. The third kappa shape index (κ3) is 7.04. The topological polar surface area (TPSA) is 118 Å². The van der Waals surface area contributed by atoms with E-state index in [9.17, 15) is 19.2 Å². The second-order valence-electron chi connectivity index (χ2n) is 5.65. The third-order valence-electron chi connectivity index (χ3n) is 3.42. The van der Waals surface area contributed by atoms with Gasteiger partial charge < -0.3 is 21.2 Å². The summed E-state index contributed by atoms with van der Waals surface area (Å²) in [5.41, 5.74) is 6.14. The Morgan fingerprint density at radius 3 is 2.12 bits per heavy atom. The molecule has 0 radical (unpaired) electrons. The van der Waals surface area contributed by atoms with Crippen LogP contribution in [0.25, 0.3) is 0 Å². The van der Waals surface area contributed by atoms with Crippen LogP contribution in [0.3, 0.4) is 0 Å². The van der Waals surface area contributed by atoms with Gasteiger partial charge in [0.2, 0.25) is 17.7 Å². The predicted octanol–water partition coefficient (Wildman–Crippen LogP) is 0.0731. The highest BCUT2D eigenvalue weighted by Gasteiger charge is 2.25. The van der Waals surface area contributed by atoms with E-state index in [-0.39, 0.29) is 31.0 Å². The molecule has 7 heteroatoms. The highest BCUT2D eigenvalue weighted by Crippen LogP contribution is 2.05. The summed E-state index contributed by atoms with van der Waals surface area (Å²) in [5, 5.41) is 5.08. The summed E-state index contributed by atoms with van der Waals surface area (Å²) < 4.78 is 0. The number of amides is 3. The summed E-state index contributed by atoms with van der Waals surface area (Å²) in [6, 6.07) is 7.40. The number of nitrogens with one attached hydrogen (secondary N) is 2. The molecule has 130 valence electrons. The molecule has 4 N–H and O–H groups in total. The second kappa shape index (κ2) is 9.44. The molecule has 24 heavy (non-hydrogen) atoms. The minimum Gasteiger partial charge on any atom is -0.368 e. The minimum absolute atomic E-state index is 0.0989. The van der Waals surface area contributed by atoms with E-state index < -0.39 is 23.9 Å². The van der Waals surface area contributed by atoms with Crippen molar-refractivity contribution in [1.29, 1.82) is 0 Å². The first-order valence-corrected chi connectivity index (χ1v) is 7.69. The van der Waals surface area contributed by atoms with Crippen molar-refractivity contribution in [1.82, 2.24) is 10.6 Å². The molecule has 0 heterocycles. The van der Waals surface area contributed by atoms with Gasteiger partial charge in [-0.25, -0.2) is 0 Å². The van der Waals surface area contributed by atoms with Gasteiger partial charge in [0.25, 0.3) is 0 Å². The maximum absolute atomic E-state index is 12.4. The molecule has 1 aromatic carbocycles. The van der Waals surface area contributed by atoms with Gasteiger partial charge in [-0.05, 0) is 18.9 Å². The molecule has 7 nitrogen and oxygen atoms in total. The number of hydrogen-bond acceptors (Lipinski definition) is 4. The highest BCUT2D eigenvalue weighted by atomic mass is 16.2. The summed E-state index contributed by atoms with van der Waals surface area (Å²) in [6.07, 6.45) is 0.552. The average molecular weight is 333 g/mol. The number of Topliss-reactive ketones (excluding diaryl/α,β-unsaturated/α-hetero) is 1. The molecule has 3 amide bonds. The highest BCUT2D eigenvalue weighted by molar-refractivity contribution is 5.91. The monoisotopic (exact) mass is 333 g/mol. The van der Waals surface area contributed by atoms with Crippen LogP contribution in [0.1, 0.15) is 32.3 Å². The van der Waals surface area contributed by atoms with Crippen LogP contribution in [-0.2, 0) is 25.6 Å². The van der Waals surface area contributed by atoms with Gasteiger partial charge in [-0.1, -0.05) is 30.3 Å². The van der Waals surface area contributed by atoms with Gasteiger partial charge in [0.1, 0.15) is 17.9 Å². The average Bonchev–Trinajstić information content (AvgIpc) is 2.50. The number of nitrogens with two attached hydrogens (primary N) is 1. The maximum Gasteiger partial charge on any atom is 0.243 e. The Morgan fingerprint density at radius 1 is 1.00 bits per heavy atom. The molecule has 0 fully saturated rings. The Hall–Kier alpha value is -2.70. The van der Waals surface area contributed by atoms with E-state index in [1.54, 1.807) is 0 Å². The van der Waals surface area contributed by atoms with Crippen molar-refractivity contribution in [2.24, 2.45) is 5.73 Å². The molecular formula is C17H23N3O4. The van der Waals surface area contributed by atoms with Crippen LogP contribution in [0.5, 0.6) is 0 Å². The molecule has 1 rings (SSSR count). The number of carbonyl (C=O) groups is 4. The van der Waals surface area contributed by atoms with E-state index >= 15 is 0 Å². The Bertz CT molecular complexity index is 601. The van der Waals surface area contributed by atoms with Gasteiger partial charge >= 0.3 is 0 Å². The molecule has 1 aromatic rings. The van der Waals surface area contributed by atoms with Gasteiger partial charge in [-0.2, -0.15) is 0 Å². The Labute approximate surface area is 141 Å². The fraction of sp³-hybridized carbons (Fsp3) is 0.412. The lowest BCUT2D eigenvalue weighted by Crippen LogP contribution is -2.53. The summed E-state index contributed by atoms with van der Waals surface area (Å²) >= 11 is 0. The van der Waals surface area contributed by atoms with Gasteiger partial charge in [0.05, 0.1) is 0 Å². The van der Waals surface area contributed by atoms with Crippen molar-refractivity contribution in [2.45, 2.75) is 45.2 Å². The van der Waals surface area contributed by atoms with Gasteiger partial charge in [-0.3, -0.25) is 14.4 Å². The summed E-state index contributed by atoms with van der Waals surface area (Å²) in [6.45, 7) is 2.71. The number of ketones is 1. The molecule has 0 aliphatic heterocycles. The number of benzene rings is 1. The molecule has 0 aliphatic carbocycles. The zero-order valence-electron chi connectivity index (χ0n) is 13.9. The van der Waals surface area contributed by atoms with E-state index in [0.717, 1.165) is 5.56 Å². The lowest BCUT2D eigenvalue weighted by atomic mass is 10.0. The van der Waals surface area contributed by atoms with Crippen LogP contribution in [0.2, 0.25) is 0 Å². The predicted molar refractivity (Wildman–Crippen MR) is 88.8 cm³/mol. The van der Waals surface area contributed by atoms with Crippen molar-refractivity contribution in [3.8, 4) is 0 Å². The van der Waals surface area contributed by atoms with Crippen molar-refractivity contribution in [3.05, 3.63) is 35.9 Å². The van der Waals surface area contributed by atoms with Gasteiger partial charge in [0, 0.05) is 19.8 Å². The SMILES string of the molecule is CC(=O)CC[C@@H](NC(=O)[C@@H](Cc1ccccc1)NC(C)=O)C(N)=O. The number of hydrogen-bond donors (Lipinski definition) is 3. The standard InChI is InChI=1S/C17H23N3O4/c1-11(21)8-9-14(16(18)23)20-17(24)15(19-12(2)22)10-13-6-4-3-5-7-13/h3-7,14-15H,8-10H2,1-2H3,(H2,18,23)(H,19,22)(H,20,24)/t14-,15-/m1/s1. The normalized spacial score (nSPS) is 12.8. The molecule has 2 atom stereocenters. The molecule has 0 aromatic heterocycles. The number of primary amides is 1. The van der Waals surface area contributed by atoms with Crippen molar-refractivity contribution in [3.63, 3.8) is 0 Å². The van der Waals surface area contributed by atoms with Crippen molar-refractivity contribution in [2.75, 3.05) is 0 Å². The fourth-order valence-corrected chi connectivity index (χ4v) is 2.21. The first-order chi connectivity index (χ1) is 11.3. The van der Waals surface area contributed by atoms with E-state index in [1.807, 2.05) is 30.3 Å². The summed E-state index contributed by atoms with van der Waals surface area (Å²) in [7, 11) is 0. The number of carbonyl (C=O) groups excluding carboxylic acids is 4. The first kappa shape index (κ1) is 19.3. The van der Waals surface area contributed by atoms with E-state index in [0.29, 0.717) is 0 Å². The largest absolute Gasteiger partial charge is 0.368 e. The molecule has 0 bridgehead atoms. The van der Waals surface area contributed by atoms with Crippen LogP contribution >= 0.6 is 0 Å². The minimum atomic E-state index is -0.951. The van der Waals surface area contributed by atoms with Gasteiger partial charge in [0.15, 0.2) is 0 Å². The van der Waals surface area contributed by atoms with Crippen LogP contribution in [0, 0.1) is 0 Å². The molecular weight excluding hydrogens is 310 g/mol. The van der Waals surface area contributed by atoms with Crippen LogP contribution in [0.15, 0.2) is 30.3 Å². The zero-order valence-corrected chi connectivity index (χ0v) is 13.9. The molecule has 0 spiro atoms. The molecule has 0 saturated heterocycles. The second-order valence-corrected chi connectivity index (χ2v) is 5.65. The Kier molecular flexibility index (Phi) is 7.61. The number of rotatable bonds is 9. The van der Waals surface area contributed by atoms with Crippen molar-refractivity contribution < 1.29 is 19.2 Å². The van der Waals surface area contributed by atoms with E-state index in [1.165, 1.54) is 13.8 Å². The quantitative estimate of drug-likeness (QED) is 0.592. The molecule has 0 aliphatic rings. The summed E-state index contributed by atoms with van der Waals surface area (Å²) in [4.78, 5) is 46.3. The smallest absolute Gasteiger partial charge is 0.243 e. The molecule has 0 unspecified atom stereocenters. The van der Waals surface area contributed by atoms with E-state index in [2.05, 4.69) is 10.6 Å². The van der Waals surface area contributed by atoms with E-state index in [4.69, 9.17) is 5.73 Å². The van der Waals surface area contributed by atoms with Crippen LogP contribution in [0.4, 0.5) is 0 Å². The molecule has 0 saturated carbocycles. The van der Waals surface area contributed by atoms with Crippen LogP contribution < -0.4 is 16.4 Å². The lowest BCUT2D eigenvalue weighted by molar-refractivity contribution is -0.131. The maximum atomic E-state index is 12.4. The third-order valence-corrected chi connectivity index (χ3v) is 3.42. The summed E-state index contributed by atoms with van der Waals surface area (Å²) in [5.74, 6) is -1.68.